The van der Waals surface area contributed by atoms with Gasteiger partial charge in [-0.25, -0.2) is 0 Å². The maximum absolute atomic E-state index is 5.79. The fourth-order valence-electron chi connectivity index (χ4n) is 2.52. The van der Waals surface area contributed by atoms with Crippen molar-refractivity contribution in [1.82, 2.24) is 0 Å². The van der Waals surface area contributed by atoms with Gasteiger partial charge in [0.1, 0.15) is 5.75 Å². The van der Waals surface area contributed by atoms with Gasteiger partial charge in [0, 0.05) is 0 Å². The summed E-state index contributed by atoms with van der Waals surface area (Å²) in [7, 11) is 0. The van der Waals surface area contributed by atoms with Gasteiger partial charge >= 0.3 is 0 Å². The molecule has 1 aliphatic carbocycles. The van der Waals surface area contributed by atoms with Crippen LogP contribution in [-0.4, -0.2) is 0 Å². The van der Waals surface area contributed by atoms with Gasteiger partial charge in [0.15, 0.2) is 0 Å². The summed E-state index contributed by atoms with van der Waals surface area (Å²) in [5.41, 5.74) is 1.45. The Hall–Kier alpha value is -1.76. The predicted molar refractivity (Wildman–Crippen MR) is 75.7 cm³/mol. The van der Waals surface area contributed by atoms with Gasteiger partial charge in [-0.05, 0) is 54.2 Å². The summed E-state index contributed by atoms with van der Waals surface area (Å²) in [6.07, 6.45) is 8.36. The molecular weight excluding hydrogens is 220 g/mol. The summed E-state index contributed by atoms with van der Waals surface area (Å²) in [6, 6.07) is 14.6. The normalized spacial score (nSPS) is 15.7. The molecule has 2 aromatic carbocycles. The molecule has 18 heavy (non-hydrogen) atoms. The Balaban J connectivity index is 1.78. The Kier molecular flexibility index (Phi) is 3.31. The quantitative estimate of drug-likeness (QED) is 0.664. The monoisotopic (exact) mass is 238 g/mol. The molecule has 1 heteroatoms. The first-order valence-electron chi connectivity index (χ1n) is 6.75. The molecule has 0 unspecified atom stereocenters. The Bertz CT molecular complexity index is 561. The first-order chi connectivity index (χ1) is 8.92. The summed E-state index contributed by atoms with van der Waals surface area (Å²) in [6.45, 7) is 0. The summed E-state index contributed by atoms with van der Waals surface area (Å²) in [5.74, 6) is 0.937. The molecule has 0 atom stereocenters. The van der Waals surface area contributed by atoms with E-state index in [1.807, 2.05) is 12.3 Å². The highest BCUT2D eigenvalue weighted by molar-refractivity contribution is 5.83. The van der Waals surface area contributed by atoms with Crippen molar-refractivity contribution in [3.05, 3.63) is 54.3 Å². The van der Waals surface area contributed by atoms with Crippen LogP contribution in [0.15, 0.2) is 54.3 Å². The average molecular weight is 238 g/mol. The zero-order chi connectivity index (χ0) is 12.2. The molecule has 1 nitrogen and oxygen atoms in total. The zero-order valence-electron chi connectivity index (χ0n) is 10.6. The molecule has 0 radical (unpaired) electrons. The number of hydrogen-bond donors (Lipinski definition) is 0. The van der Waals surface area contributed by atoms with Crippen LogP contribution in [0.3, 0.4) is 0 Å². The molecule has 0 heterocycles. The predicted octanol–water partition coefficient (Wildman–Crippen LogP) is 5.07. The van der Waals surface area contributed by atoms with Gasteiger partial charge in [0.25, 0.3) is 0 Å². The minimum absolute atomic E-state index is 0.937. The minimum Gasteiger partial charge on any atom is -0.465 e. The minimum atomic E-state index is 0.937. The number of ether oxygens (including phenoxy) is 1. The van der Waals surface area contributed by atoms with E-state index in [1.165, 1.54) is 48.4 Å². The van der Waals surface area contributed by atoms with Crippen LogP contribution in [-0.2, 0) is 0 Å². The summed E-state index contributed by atoms with van der Waals surface area (Å²) in [4.78, 5) is 0. The highest BCUT2D eigenvalue weighted by Crippen LogP contribution is 2.25. The van der Waals surface area contributed by atoms with E-state index in [0.717, 1.165) is 5.75 Å². The average Bonchev–Trinajstić information content (AvgIpc) is 2.46. The summed E-state index contributed by atoms with van der Waals surface area (Å²) in [5, 5.41) is 2.49. The molecule has 0 spiro atoms. The highest BCUT2D eigenvalue weighted by Gasteiger charge is 2.05. The van der Waals surface area contributed by atoms with Crippen molar-refractivity contribution in [3.8, 4) is 5.75 Å². The van der Waals surface area contributed by atoms with Crippen LogP contribution in [0.5, 0.6) is 5.75 Å². The molecule has 0 N–H and O–H groups in total. The van der Waals surface area contributed by atoms with Crippen LogP contribution < -0.4 is 4.74 Å². The van der Waals surface area contributed by atoms with Crippen molar-refractivity contribution < 1.29 is 4.74 Å². The number of benzene rings is 2. The lowest BCUT2D eigenvalue weighted by Gasteiger charge is -2.13. The van der Waals surface area contributed by atoms with Crippen LogP contribution in [0.4, 0.5) is 0 Å². The van der Waals surface area contributed by atoms with E-state index in [4.69, 9.17) is 4.74 Å². The van der Waals surface area contributed by atoms with Crippen LogP contribution in [0.1, 0.15) is 32.1 Å². The van der Waals surface area contributed by atoms with Crippen molar-refractivity contribution in [1.29, 1.82) is 0 Å². The van der Waals surface area contributed by atoms with Crippen LogP contribution in [0.2, 0.25) is 0 Å². The van der Waals surface area contributed by atoms with Crippen molar-refractivity contribution in [2.24, 2.45) is 0 Å². The molecule has 92 valence electrons. The van der Waals surface area contributed by atoms with Crippen LogP contribution >= 0.6 is 0 Å². The van der Waals surface area contributed by atoms with Gasteiger partial charge in [0.2, 0.25) is 0 Å². The Morgan fingerprint density at radius 3 is 2.44 bits per heavy atom. The molecule has 1 aliphatic rings. The van der Waals surface area contributed by atoms with E-state index in [9.17, 15) is 0 Å². The molecule has 1 fully saturated rings. The molecular formula is C17H18O. The van der Waals surface area contributed by atoms with Crippen molar-refractivity contribution in [3.63, 3.8) is 0 Å². The number of hydrogen-bond acceptors (Lipinski definition) is 1. The highest BCUT2D eigenvalue weighted by atomic mass is 16.5. The second-order valence-corrected chi connectivity index (χ2v) is 4.96. The Morgan fingerprint density at radius 1 is 0.833 bits per heavy atom. The topological polar surface area (TPSA) is 9.23 Å². The van der Waals surface area contributed by atoms with Crippen molar-refractivity contribution in [2.45, 2.75) is 32.1 Å². The SMILES string of the molecule is C(Oc1ccc2ccccc2c1)=C1CCCCC1. The van der Waals surface area contributed by atoms with E-state index in [0.29, 0.717) is 0 Å². The molecule has 1 saturated carbocycles. The van der Waals surface area contributed by atoms with Crippen LogP contribution in [0, 0.1) is 0 Å². The van der Waals surface area contributed by atoms with E-state index < -0.39 is 0 Å². The lowest BCUT2D eigenvalue weighted by molar-refractivity contribution is 0.460. The van der Waals surface area contributed by atoms with Crippen molar-refractivity contribution in [2.75, 3.05) is 0 Å². The van der Waals surface area contributed by atoms with Gasteiger partial charge in [-0.15, -0.1) is 0 Å². The van der Waals surface area contributed by atoms with Gasteiger partial charge < -0.3 is 4.74 Å². The summed E-state index contributed by atoms with van der Waals surface area (Å²) < 4.78 is 5.79. The maximum Gasteiger partial charge on any atom is 0.127 e. The van der Waals surface area contributed by atoms with Crippen LogP contribution in [0.25, 0.3) is 10.8 Å². The Labute approximate surface area is 108 Å². The third-order valence-corrected chi connectivity index (χ3v) is 3.58. The number of allylic oxidation sites excluding steroid dienone is 1. The summed E-state index contributed by atoms with van der Waals surface area (Å²) >= 11 is 0. The second-order valence-electron chi connectivity index (χ2n) is 4.96. The molecule has 0 saturated heterocycles. The zero-order valence-corrected chi connectivity index (χ0v) is 10.6. The first-order valence-corrected chi connectivity index (χ1v) is 6.75. The van der Waals surface area contributed by atoms with E-state index in [1.54, 1.807) is 0 Å². The fourth-order valence-corrected chi connectivity index (χ4v) is 2.52. The second kappa shape index (κ2) is 5.26. The number of rotatable bonds is 2. The third-order valence-electron chi connectivity index (χ3n) is 3.58. The smallest absolute Gasteiger partial charge is 0.127 e. The lowest BCUT2D eigenvalue weighted by Crippen LogP contribution is -1.95. The molecule has 0 aliphatic heterocycles. The third kappa shape index (κ3) is 2.56. The lowest BCUT2D eigenvalue weighted by atomic mass is 9.96. The Morgan fingerprint density at radius 2 is 1.61 bits per heavy atom. The molecule has 0 amide bonds. The van der Waals surface area contributed by atoms with Gasteiger partial charge in [-0.1, -0.05) is 36.8 Å². The molecule has 0 aromatic heterocycles. The standard InChI is InChI=1S/C17H18O/c1-2-6-14(7-3-1)13-18-17-11-10-15-8-4-5-9-16(15)12-17/h4-5,8-13H,1-3,6-7H2. The van der Waals surface area contributed by atoms with Gasteiger partial charge in [0.05, 0.1) is 6.26 Å². The first kappa shape index (κ1) is 11.3. The molecule has 3 rings (SSSR count). The van der Waals surface area contributed by atoms with E-state index in [-0.39, 0.29) is 0 Å². The largest absolute Gasteiger partial charge is 0.465 e. The molecule has 0 bridgehead atoms. The fraction of sp³-hybridized carbons (Fsp3) is 0.294. The van der Waals surface area contributed by atoms with Gasteiger partial charge in [-0.2, -0.15) is 0 Å². The van der Waals surface area contributed by atoms with Crippen molar-refractivity contribution >= 4 is 10.8 Å². The number of fused-ring (bicyclic) bond motifs is 1. The van der Waals surface area contributed by atoms with E-state index in [2.05, 4.69) is 36.4 Å². The van der Waals surface area contributed by atoms with Gasteiger partial charge in [-0.3, -0.25) is 0 Å². The maximum atomic E-state index is 5.79. The van der Waals surface area contributed by atoms with E-state index >= 15 is 0 Å². The molecule has 2 aromatic rings.